The van der Waals surface area contributed by atoms with E-state index in [-0.39, 0.29) is 17.5 Å². The van der Waals surface area contributed by atoms with E-state index in [1.54, 1.807) is 30.3 Å². The van der Waals surface area contributed by atoms with Crippen LogP contribution in [0, 0.1) is 38.5 Å². The van der Waals surface area contributed by atoms with Crippen molar-refractivity contribution >= 4 is 47.0 Å². The van der Waals surface area contributed by atoms with Crippen molar-refractivity contribution in [3.8, 4) is 24.7 Å². The maximum absolute atomic E-state index is 12.5. The zero-order chi connectivity index (χ0) is 42.6. The summed E-state index contributed by atoms with van der Waals surface area (Å²) in [4.78, 5) is 47.5. The van der Waals surface area contributed by atoms with Gasteiger partial charge in [0.15, 0.2) is 11.6 Å². The number of anilines is 2. The van der Waals surface area contributed by atoms with E-state index in [0.29, 0.717) is 40.9 Å². The summed E-state index contributed by atoms with van der Waals surface area (Å²) < 4.78 is 0. The normalized spacial score (nSPS) is 10.2. The van der Waals surface area contributed by atoms with E-state index in [0.717, 1.165) is 45.0 Å². The Morgan fingerprint density at radius 1 is 0.593 bits per heavy atom. The minimum atomic E-state index is -0.990. The predicted molar refractivity (Wildman–Crippen MR) is 239 cm³/mol. The lowest BCUT2D eigenvalue weighted by Crippen LogP contribution is -2.09. The summed E-state index contributed by atoms with van der Waals surface area (Å²) >= 11 is 0. The van der Waals surface area contributed by atoms with Crippen molar-refractivity contribution in [3.05, 3.63) is 213 Å². The summed E-state index contributed by atoms with van der Waals surface area (Å²) in [6.45, 7) is 3.92. The van der Waals surface area contributed by atoms with E-state index in [4.69, 9.17) is 23.7 Å². The smallest absolute Gasteiger partial charge is 0.328 e. The fraction of sp³-hybridized carbons (Fsp3) is 0.0769. The van der Waals surface area contributed by atoms with Crippen LogP contribution in [0.4, 0.5) is 11.4 Å². The molecule has 6 aromatic carbocycles. The molecule has 7 heteroatoms. The molecular formula is C52H44N2O5. The van der Waals surface area contributed by atoms with Crippen LogP contribution in [0.1, 0.15) is 65.2 Å². The van der Waals surface area contributed by atoms with Crippen molar-refractivity contribution in [1.29, 1.82) is 0 Å². The number of terminal acetylenes is 2. The number of aliphatic carboxylic acids is 1. The molecule has 59 heavy (non-hydrogen) atoms. The highest BCUT2D eigenvalue weighted by Crippen LogP contribution is 2.16. The molecular weight excluding hydrogens is 733 g/mol. The number of benzene rings is 6. The SMILES string of the molecule is C#Cc1ccccc1N.C#Cc1ccccc1NC(=O)/C=C/c1cccc(CC(=O)c2cccc(C)c2)c1.Cc1cccc(C(=O)Cc2cccc(/C=C/C(=O)O)c2)c1. The Labute approximate surface area is 346 Å². The summed E-state index contributed by atoms with van der Waals surface area (Å²) in [7, 11) is 0. The van der Waals surface area contributed by atoms with E-state index in [2.05, 4.69) is 17.2 Å². The van der Waals surface area contributed by atoms with Gasteiger partial charge in [0.1, 0.15) is 0 Å². The van der Waals surface area contributed by atoms with E-state index in [9.17, 15) is 19.2 Å². The van der Waals surface area contributed by atoms with Crippen LogP contribution >= 0.6 is 0 Å². The van der Waals surface area contributed by atoms with Crippen LogP contribution in [0.2, 0.25) is 0 Å². The number of nitrogen functional groups attached to an aromatic ring is 1. The minimum absolute atomic E-state index is 0.0538. The van der Waals surface area contributed by atoms with Crippen LogP contribution in [0.3, 0.4) is 0 Å². The lowest BCUT2D eigenvalue weighted by Gasteiger charge is -2.05. The van der Waals surface area contributed by atoms with Crippen LogP contribution < -0.4 is 11.1 Å². The van der Waals surface area contributed by atoms with Crippen molar-refractivity contribution in [1.82, 2.24) is 0 Å². The van der Waals surface area contributed by atoms with Crippen LogP contribution in [0.15, 0.2) is 158 Å². The Morgan fingerprint density at radius 3 is 1.54 bits per heavy atom. The topological polar surface area (TPSA) is 127 Å². The molecule has 0 aliphatic rings. The first-order valence-corrected chi connectivity index (χ1v) is 18.6. The number of aryl methyl sites for hydroxylation is 2. The van der Waals surface area contributed by atoms with Crippen molar-refractivity contribution in [2.45, 2.75) is 26.7 Å². The van der Waals surface area contributed by atoms with E-state index in [1.165, 1.54) is 12.2 Å². The Hall–Kier alpha value is -8.00. The first kappa shape index (κ1) is 43.7. The average molecular weight is 777 g/mol. The molecule has 0 aliphatic carbocycles. The minimum Gasteiger partial charge on any atom is -0.478 e. The third-order valence-electron chi connectivity index (χ3n) is 8.61. The van der Waals surface area contributed by atoms with Gasteiger partial charge < -0.3 is 16.2 Å². The second kappa shape index (κ2) is 22.5. The summed E-state index contributed by atoms with van der Waals surface area (Å²) in [6, 6.07) is 44.5. The third kappa shape index (κ3) is 14.9. The largest absolute Gasteiger partial charge is 0.478 e. The molecule has 1 amide bonds. The van der Waals surface area contributed by atoms with Crippen LogP contribution in [0.25, 0.3) is 12.2 Å². The number of nitrogens with one attached hydrogen (secondary N) is 1. The van der Waals surface area contributed by atoms with Gasteiger partial charge in [0, 0.05) is 52.9 Å². The molecule has 6 aromatic rings. The number of carbonyl (C=O) groups excluding carboxylic acids is 3. The van der Waals surface area contributed by atoms with E-state index < -0.39 is 5.97 Å². The number of carbonyl (C=O) groups is 4. The quantitative estimate of drug-likeness (QED) is 0.0521. The van der Waals surface area contributed by atoms with Gasteiger partial charge >= 0.3 is 5.97 Å². The molecule has 0 spiro atoms. The lowest BCUT2D eigenvalue weighted by molar-refractivity contribution is -0.131. The van der Waals surface area contributed by atoms with E-state index in [1.807, 2.05) is 135 Å². The standard InChI is InChI=1S/C26H21NO2.C18H16O3.C8H7N/c1-3-22-11-4-5-13-24(22)27-26(29)15-14-20-9-7-10-21(17-20)18-25(28)23-12-6-8-19(2)16-23;1-13-4-2-7-16(10-13)17(19)12-15-6-3-5-14(11-15)8-9-18(20)21;1-2-7-5-3-4-6-8(7)9/h1,4-17H,18H2,2H3,(H,27,29);2-11H,12H2,1H3,(H,20,21);1,3-6H,9H2/b15-14+;9-8+;. The molecule has 0 heterocycles. The molecule has 0 atom stereocenters. The zero-order valence-electron chi connectivity index (χ0n) is 32.9. The van der Waals surface area contributed by atoms with Gasteiger partial charge in [-0.15, -0.1) is 12.8 Å². The number of amides is 1. The number of rotatable bonds is 11. The van der Waals surface area contributed by atoms with Crippen molar-refractivity contribution < 1.29 is 24.3 Å². The second-order valence-electron chi connectivity index (χ2n) is 13.3. The fourth-order valence-electron chi connectivity index (χ4n) is 5.69. The Bertz CT molecular complexity index is 2590. The molecule has 7 nitrogen and oxygen atoms in total. The highest BCUT2D eigenvalue weighted by molar-refractivity contribution is 6.03. The first-order valence-electron chi connectivity index (χ1n) is 18.6. The highest BCUT2D eigenvalue weighted by atomic mass is 16.4. The second-order valence-corrected chi connectivity index (χ2v) is 13.3. The summed E-state index contributed by atoms with van der Waals surface area (Å²) in [5, 5.41) is 11.4. The molecule has 0 aromatic heterocycles. The maximum Gasteiger partial charge on any atom is 0.328 e. The number of carboxylic acids is 1. The monoisotopic (exact) mass is 776 g/mol. The van der Waals surface area contributed by atoms with Gasteiger partial charge in [0.2, 0.25) is 5.91 Å². The lowest BCUT2D eigenvalue weighted by atomic mass is 10.00. The maximum atomic E-state index is 12.5. The molecule has 0 radical (unpaired) electrons. The molecule has 0 fully saturated rings. The Morgan fingerprint density at radius 2 is 1.07 bits per heavy atom. The molecule has 0 unspecified atom stereocenters. The van der Waals surface area contributed by atoms with Gasteiger partial charge in [-0.2, -0.15) is 0 Å². The molecule has 0 saturated heterocycles. The molecule has 0 aliphatic heterocycles. The number of hydrogen-bond donors (Lipinski definition) is 3. The Balaban J connectivity index is 0.000000222. The third-order valence-corrected chi connectivity index (χ3v) is 8.61. The zero-order valence-corrected chi connectivity index (χ0v) is 32.9. The van der Waals surface area contributed by atoms with Gasteiger partial charge in [-0.3, -0.25) is 14.4 Å². The Kier molecular flexibility index (Phi) is 16.7. The van der Waals surface area contributed by atoms with E-state index >= 15 is 0 Å². The molecule has 0 saturated carbocycles. The average Bonchev–Trinajstić information content (AvgIpc) is 3.23. The number of hydrogen-bond acceptors (Lipinski definition) is 5. The first-order chi connectivity index (χ1) is 28.4. The number of Topliss-reactive ketones (excluding diaryl/α,β-unsaturated/α-hetero) is 2. The van der Waals surface area contributed by atoms with Gasteiger partial charge in [-0.1, -0.05) is 132 Å². The van der Waals surface area contributed by atoms with Gasteiger partial charge in [-0.05, 0) is 84.7 Å². The molecule has 4 N–H and O–H groups in total. The van der Waals surface area contributed by atoms with Crippen molar-refractivity contribution in [2.24, 2.45) is 0 Å². The highest BCUT2D eigenvalue weighted by Gasteiger charge is 2.09. The predicted octanol–water partition coefficient (Wildman–Crippen LogP) is 9.82. The number of para-hydroxylation sites is 2. The van der Waals surface area contributed by atoms with Gasteiger partial charge in [-0.25, -0.2) is 4.79 Å². The summed E-state index contributed by atoms with van der Waals surface area (Å²) in [5.41, 5.74) is 15.0. The number of nitrogens with two attached hydrogens (primary N) is 1. The van der Waals surface area contributed by atoms with Gasteiger partial charge in [0.25, 0.3) is 0 Å². The van der Waals surface area contributed by atoms with Crippen LogP contribution in [0.5, 0.6) is 0 Å². The van der Waals surface area contributed by atoms with Crippen molar-refractivity contribution in [2.75, 3.05) is 11.1 Å². The fourth-order valence-corrected chi connectivity index (χ4v) is 5.69. The summed E-state index contributed by atoms with van der Waals surface area (Å²) in [5.74, 6) is 3.88. The van der Waals surface area contributed by atoms with Crippen LogP contribution in [-0.2, 0) is 22.4 Å². The molecule has 0 bridgehead atoms. The molecule has 6 rings (SSSR count). The number of carboxylic acid groups (broad SMARTS) is 1. The van der Waals surface area contributed by atoms with Crippen LogP contribution in [-0.4, -0.2) is 28.5 Å². The van der Waals surface area contributed by atoms with Gasteiger partial charge in [0.05, 0.1) is 5.69 Å². The summed E-state index contributed by atoms with van der Waals surface area (Å²) in [6.07, 6.45) is 17.0. The number of ketones is 2. The molecule has 292 valence electrons. The van der Waals surface area contributed by atoms with Crippen molar-refractivity contribution in [3.63, 3.8) is 0 Å².